The Balaban J connectivity index is 1.99. The second kappa shape index (κ2) is 5.00. The molecule has 1 aliphatic carbocycles. The number of nitrogens with one attached hydrogen (secondary N) is 2. The molecule has 18 heavy (non-hydrogen) atoms. The average Bonchev–Trinajstić information content (AvgIpc) is 2.78. The monoisotopic (exact) mass is 274 g/mol. The van der Waals surface area contributed by atoms with Crippen molar-refractivity contribution in [2.75, 3.05) is 13.7 Å². The van der Waals surface area contributed by atoms with E-state index >= 15 is 0 Å². The number of furan rings is 1. The molecule has 0 radical (unpaired) electrons. The predicted molar refractivity (Wildman–Crippen MR) is 65.5 cm³/mol. The maximum atomic E-state index is 11.5. The van der Waals surface area contributed by atoms with Gasteiger partial charge in [0.25, 0.3) is 10.0 Å². The maximum absolute atomic E-state index is 11.5. The van der Waals surface area contributed by atoms with Gasteiger partial charge in [0.05, 0.1) is 13.2 Å². The zero-order chi connectivity index (χ0) is 13.2. The fourth-order valence-electron chi connectivity index (χ4n) is 1.97. The number of aliphatic hydroxyl groups excluding tert-OH is 1. The molecule has 0 saturated heterocycles. The topological polar surface area (TPSA) is 91.6 Å². The zero-order valence-electron chi connectivity index (χ0n) is 10.3. The van der Waals surface area contributed by atoms with Crippen LogP contribution in [0.5, 0.6) is 0 Å². The summed E-state index contributed by atoms with van der Waals surface area (Å²) in [5.41, 5.74) is -0.213. The second-order valence-corrected chi connectivity index (χ2v) is 6.39. The van der Waals surface area contributed by atoms with Crippen LogP contribution in [-0.4, -0.2) is 32.7 Å². The van der Waals surface area contributed by atoms with Gasteiger partial charge in [0.15, 0.2) is 0 Å². The van der Waals surface area contributed by atoms with Gasteiger partial charge in [0, 0.05) is 5.54 Å². The van der Waals surface area contributed by atoms with Gasteiger partial charge in [0.2, 0.25) is 5.09 Å². The van der Waals surface area contributed by atoms with E-state index in [9.17, 15) is 13.5 Å². The number of hydrogen-bond donors (Lipinski definition) is 3. The highest BCUT2D eigenvalue weighted by molar-refractivity contribution is 7.89. The largest absolute Gasteiger partial charge is 0.447 e. The fraction of sp³-hybridized carbons (Fsp3) is 0.636. The van der Waals surface area contributed by atoms with Gasteiger partial charge in [-0.3, -0.25) is 0 Å². The minimum Gasteiger partial charge on any atom is -0.447 e. The molecule has 0 amide bonds. The van der Waals surface area contributed by atoms with Crippen molar-refractivity contribution in [1.29, 1.82) is 0 Å². The van der Waals surface area contributed by atoms with Crippen LogP contribution in [0.25, 0.3) is 0 Å². The molecule has 1 fully saturated rings. The first-order valence-electron chi connectivity index (χ1n) is 5.89. The molecule has 1 aromatic heterocycles. The summed E-state index contributed by atoms with van der Waals surface area (Å²) in [5, 5.41) is 12.4. The number of aliphatic hydroxyl groups is 1. The van der Waals surface area contributed by atoms with Gasteiger partial charge < -0.3 is 14.8 Å². The van der Waals surface area contributed by atoms with Gasteiger partial charge in [-0.2, -0.15) is 0 Å². The van der Waals surface area contributed by atoms with E-state index in [2.05, 4.69) is 10.0 Å². The first-order valence-corrected chi connectivity index (χ1v) is 7.38. The van der Waals surface area contributed by atoms with Crippen LogP contribution in [-0.2, 0) is 16.6 Å². The second-order valence-electron chi connectivity index (χ2n) is 4.57. The van der Waals surface area contributed by atoms with Crippen LogP contribution < -0.4 is 10.0 Å². The van der Waals surface area contributed by atoms with Gasteiger partial charge in [-0.25, -0.2) is 13.1 Å². The van der Waals surface area contributed by atoms with Crippen LogP contribution in [0.4, 0.5) is 0 Å². The third-order valence-electron chi connectivity index (χ3n) is 3.42. The van der Waals surface area contributed by atoms with Crippen molar-refractivity contribution >= 4 is 10.0 Å². The lowest BCUT2D eigenvalue weighted by atomic mass is 9.77. The molecular formula is C11H18N2O4S. The van der Waals surface area contributed by atoms with Crippen LogP contribution in [0, 0.1) is 0 Å². The molecule has 0 aliphatic heterocycles. The van der Waals surface area contributed by atoms with Crippen molar-refractivity contribution in [3.05, 3.63) is 17.9 Å². The molecule has 0 atom stereocenters. The molecule has 1 aliphatic rings. The van der Waals surface area contributed by atoms with Crippen LogP contribution in [0.1, 0.15) is 25.0 Å². The third kappa shape index (κ3) is 2.59. The summed E-state index contributed by atoms with van der Waals surface area (Å²) in [7, 11) is -2.18. The van der Waals surface area contributed by atoms with Gasteiger partial charge in [-0.15, -0.1) is 0 Å². The van der Waals surface area contributed by atoms with Crippen molar-refractivity contribution in [3.63, 3.8) is 0 Å². The summed E-state index contributed by atoms with van der Waals surface area (Å²) < 4.78 is 30.4. The van der Waals surface area contributed by atoms with E-state index in [4.69, 9.17) is 4.42 Å². The first-order chi connectivity index (χ1) is 8.51. The molecule has 0 spiro atoms. The summed E-state index contributed by atoms with van der Waals surface area (Å²) in [6.45, 7) is 0.509. The normalized spacial score (nSPS) is 18.6. The summed E-state index contributed by atoms with van der Waals surface area (Å²) in [4.78, 5) is 0. The molecule has 1 heterocycles. The summed E-state index contributed by atoms with van der Waals surface area (Å²) >= 11 is 0. The SMILES string of the molecule is CNS(=O)(=O)c1ccc(CNC2(CO)CCC2)o1. The highest BCUT2D eigenvalue weighted by atomic mass is 32.2. The van der Waals surface area contributed by atoms with Crippen LogP contribution in [0.3, 0.4) is 0 Å². The van der Waals surface area contributed by atoms with Crippen LogP contribution in [0.15, 0.2) is 21.6 Å². The van der Waals surface area contributed by atoms with Crippen LogP contribution >= 0.6 is 0 Å². The Hall–Kier alpha value is -0.890. The Kier molecular flexibility index (Phi) is 3.76. The summed E-state index contributed by atoms with van der Waals surface area (Å²) in [6, 6.07) is 3.05. The Morgan fingerprint density at radius 1 is 1.44 bits per heavy atom. The molecule has 7 heteroatoms. The minimum absolute atomic E-state index is 0.0894. The highest BCUT2D eigenvalue weighted by Crippen LogP contribution is 2.31. The van der Waals surface area contributed by atoms with Crippen molar-refractivity contribution in [2.45, 2.75) is 36.4 Å². The maximum Gasteiger partial charge on any atom is 0.273 e. The molecule has 102 valence electrons. The molecule has 3 N–H and O–H groups in total. The zero-order valence-corrected chi connectivity index (χ0v) is 11.1. The Bertz CT molecular complexity index is 499. The lowest BCUT2D eigenvalue weighted by molar-refractivity contribution is 0.0848. The average molecular weight is 274 g/mol. The van der Waals surface area contributed by atoms with E-state index in [1.807, 2.05) is 0 Å². The van der Waals surface area contributed by atoms with Gasteiger partial charge in [-0.05, 0) is 38.4 Å². The van der Waals surface area contributed by atoms with E-state index in [-0.39, 0.29) is 17.2 Å². The lowest BCUT2D eigenvalue weighted by Crippen LogP contribution is -2.53. The Morgan fingerprint density at radius 3 is 2.67 bits per heavy atom. The molecule has 0 aromatic carbocycles. The van der Waals surface area contributed by atoms with Crippen molar-refractivity contribution < 1.29 is 17.9 Å². The van der Waals surface area contributed by atoms with Gasteiger partial charge >= 0.3 is 0 Å². The Labute approximate surface area is 106 Å². The summed E-state index contributed by atoms with van der Waals surface area (Å²) in [5.74, 6) is 0.545. The number of sulfonamides is 1. The fourth-order valence-corrected chi connectivity index (χ4v) is 2.63. The summed E-state index contributed by atoms with van der Waals surface area (Å²) in [6.07, 6.45) is 2.98. The van der Waals surface area contributed by atoms with E-state index < -0.39 is 10.0 Å². The van der Waals surface area contributed by atoms with E-state index in [0.29, 0.717) is 12.3 Å². The molecule has 0 bridgehead atoms. The molecule has 2 rings (SSSR count). The number of rotatable bonds is 6. The lowest BCUT2D eigenvalue weighted by Gasteiger charge is -2.41. The van der Waals surface area contributed by atoms with Crippen molar-refractivity contribution in [2.24, 2.45) is 0 Å². The quantitative estimate of drug-likeness (QED) is 0.689. The Morgan fingerprint density at radius 2 is 2.17 bits per heavy atom. The standard InChI is InChI=1S/C11H18N2O4S/c1-12-18(15,16)10-4-3-9(17-10)7-13-11(8-14)5-2-6-11/h3-4,12-14H,2,5-8H2,1H3. The third-order valence-corrected chi connectivity index (χ3v) is 4.71. The molecule has 1 saturated carbocycles. The van der Waals surface area contributed by atoms with Crippen molar-refractivity contribution in [3.8, 4) is 0 Å². The molecule has 0 unspecified atom stereocenters. The van der Waals surface area contributed by atoms with E-state index in [0.717, 1.165) is 19.3 Å². The molecule has 1 aromatic rings. The van der Waals surface area contributed by atoms with E-state index in [1.165, 1.54) is 13.1 Å². The van der Waals surface area contributed by atoms with Gasteiger partial charge in [-0.1, -0.05) is 0 Å². The smallest absolute Gasteiger partial charge is 0.273 e. The highest BCUT2D eigenvalue weighted by Gasteiger charge is 2.35. The first kappa shape index (κ1) is 13.5. The van der Waals surface area contributed by atoms with Crippen molar-refractivity contribution in [1.82, 2.24) is 10.0 Å². The minimum atomic E-state index is -3.52. The molecular weight excluding hydrogens is 256 g/mol. The van der Waals surface area contributed by atoms with Crippen LogP contribution in [0.2, 0.25) is 0 Å². The number of hydrogen-bond acceptors (Lipinski definition) is 5. The van der Waals surface area contributed by atoms with Gasteiger partial charge in [0.1, 0.15) is 5.76 Å². The van der Waals surface area contributed by atoms with E-state index in [1.54, 1.807) is 6.07 Å². The predicted octanol–water partition coefficient (Wildman–Crippen LogP) is 0.192. The molecule has 6 nitrogen and oxygen atoms in total.